The maximum Gasteiger partial charge on any atom is 0.416 e. The summed E-state index contributed by atoms with van der Waals surface area (Å²) in [6.07, 6.45) is -4.98. The predicted molar refractivity (Wildman–Crippen MR) is 62.4 cm³/mol. The maximum absolute atomic E-state index is 12.7. The summed E-state index contributed by atoms with van der Waals surface area (Å²) in [6.45, 7) is 1.01. The van der Waals surface area contributed by atoms with E-state index in [2.05, 4.69) is 0 Å². The van der Waals surface area contributed by atoms with Crippen molar-refractivity contribution in [3.63, 3.8) is 0 Å². The lowest BCUT2D eigenvalue weighted by atomic mass is 9.96. The molecule has 108 valence electrons. The number of aliphatic hydroxyl groups is 1. The smallest absolute Gasteiger partial charge is 0.416 e. The molecule has 1 N–H and O–H groups in total. The molecule has 0 aromatic heterocycles. The highest BCUT2D eigenvalue weighted by atomic mass is 19.4. The Hall–Kier alpha value is -2.07. The summed E-state index contributed by atoms with van der Waals surface area (Å²) < 4.78 is 42.6. The first-order valence-corrected chi connectivity index (χ1v) is 5.73. The fraction of sp³-hybridized carbons (Fsp3) is 0.385. The first-order valence-electron chi connectivity index (χ1n) is 5.73. The second-order valence-corrected chi connectivity index (χ2v) is 3.91. The van der Waals surface area contributed by atoms with E-state index in [-0.39, 0.29) is 29.7 Å². The molecule has 0 unspecified atom stereocenters. The van der Waals surface area contributed by atoms with E-state index < -0.39 is 24.3 Å². The number of hydrogen-bond donors (Lipinski definition) is 1. The van der Waals surface area contributed by atoms with Crippen LogP contribution in [-0.2, 0) is 28.7 Å². The van der Waals surface area contributed by atoms with E-state index in [1.165, 1.54) is 0 Å². The molecule has 0 fully saturated rings. The number of aliphatic hydroxyl groups excluding tert-OH is 1. The summed E-state index contributed by atoms with van der Waals surface area (Å²) in [7, 11) is 0. The highest BCUT2D eigenvalue weighted by Crippen LogP contribution is 2.32. The summed E-state index contributed by atoms with van der Waals surface area (Å²) in [5, 5.41) is 18.1. The van der Waals surface area contributed by atoms with Crippen LogP contribution in [-0.4, -0.2) is 17.7 Å². The second kappa shape index (κ2) is 6.39. The number of nitriles is 1. The average Bonchev–Trinajstić information content (AvgIpc) is 2.37. The summed E-state index contributed by atoms with van der Waals surface area (Å²) in [6, 6.07) is 3.00. The summed E-state index contributed by atoms with van der Waals surface area (Å²) in [5.41, 5.74) is -1.38. The van der Waals surface area contributed by atoms with Crippen molar-refractivity contribution in [1.82, 2.24) is 0 Å². The molecule has 0 atom stereocenters. The van der Waals surface area contributed by atoms with Crippen LogP contribution in [0.25, 0.3) is 0 Å². The molecule has 0 amide bonds. The number of rotatable bonds is 4. The van der Waals surface area contributed by atoms with Crippen LogP contribution < -0.4 is 0 Å². The van der Waals surface area contributed by atoms with Crippen LogP contribution in [0.3, 0.4) is 0 Å². The highest BCUT2D eigenvalue weighted by Gasteiger charge is 2.32. The highest BCUT2D eigenvalue weighted by molar-refractivity contribution is 5.74. The molecular formula is C13H12F3NO3. The predicted octanol–water partition coefficient (Wildman–Crippen LogP) is 2.17. The van der Waals surface area contributed by atoms with Gasteiger partial charge in [-0.2, -0.15) is 18.4 Å². The van der Waals surface area contributed by atoms with Crippen LogP contribution in [0.15, 0.2) is 12.1 Å². The molecule has 0 spiro atoms. The fourth-order valence-electron chi connectivity index (χ4n) is 1.70. The molecule has 1 aromatic rings. The molecule has 1 rings (SSSR count). The molecule has 0 bridgehead atoms. The van der Waals surface area contributed by atoms with Crippen molar-refractivity contribution < 1.29 is 27.8 Å². The van der Waals surface area contributed by atoms with Crippen LogP contribution >= 0.6 is 0 Å². The minimum atomic E-state index is -4.63. The van der Waals surface area contributed by atoms with Gasteiger partial charge in [-0.05, 0) is 30.2 Å². The number of alkyl halides is 3. The van der Waals surface area contributed by atoms with Gasteiger partial charge in [0.1, 0.15) is 0 Å². The van der Waals surface area contributed by atoms with E-state index in [0.717, 1.165) is 6.07 Å². The van der Waals surface area contributed by atoms with Crippen molar-refractivity contribution in [3.8, 4) is 6.07 Å². The third-order valence-corrected chi connectivity index (χ3v) is 2.59. The van der Waals surface area contributed by atoms with Crippen LogP contribution in [0.1, 0.15) is 29.2 Å². The maximum atomic E-state index is 12.7. The Bertz CT molecular complexity index is 547. The lowest BCUT2D eigenvalue weighted by Crippen LogP contribution is -2.13. The minimum absolute atomic E-state index is 0.0569. The van der Waals surface area contributed by atoms with Gasteiger partial charge in [0.15, 0.2) is 0 Å². The van der Waals surface area contributed by atoms with Crippen LogP contribution in [0.2, 0.25) is 0 Å². The van der Waals surface area contributed by atoms with Gasteiger partial charge in [0, 0.05) is 0 Å². The first kappa shape index (κ1) is 16.0. The van der Waals surface area contributed by atoms with Gasteiger partial charge in [-0.25, -0.2) is 0 Å². The molecular weight excluding hydrogens is 275 g/mol. The molecule has 0 aliphatic heterocycles. The van der Waals surface area contributed by atoms with E-state index in [4.69, 9.17) is 15.1 Å². The average molecular weight is 287 g/mol. The minimum Gasteiger partial charge on any atom is -0.466 e. The number of carbonyl (C=O) groups excluding carboxylic acids is 1. The van der Waals surface area contributed by atoms with E-state index in [1.807, 2.05) is 0 Å². The number of halogens is 3. The van der Waals surface area contributed by atoms with Crippen molar-refractivity contribution >= 4 is 5.97 Å². The van der Waals surface area contributed by atoms with E-state index in [1.54, 1.807) is 13.0 Å². The van der Waals surface area contributed by atoms with Gasteiger partial charge in [-0.15, -0.1) is 0 Å². The van der Waals surface area contributed by atoms with Gasteiger partial charge < -0.3 is 9.84 Å². The van der Waals surface area contributed by atoms with Crippen molar-refractivity contribution in [3.05, 3.63) is 34.4 Å². The van der Waals surface area contributed by atoms with Gasteiger partial charge in [0.2, 0.25) is 0 Å². The third kappa shape index (κ3) is 3.71. The molecule has 20 heavy (non-hydrogen) atoms. The zero-order chi connectivity index (χ0) is 15.3. The second-order valence-electron chi connectivity index (χ2n) is 3.91. The number of ether oxygens (including phenoxy) is 1. The van der Waals surface area contributed by atoms with E-state index in [0.29, 0.717) is 6.07 Å². The number of carbonyl (C=O) groups is 1. The Balaban J connectivity index is 3.30. The molecule has 0 saturated heterocycles. The van der Waals surface area contributed by atoms with Crippen molar-refractivity contribution in [2.45, 2.75) is 26.1 Å². The number of nitrogens with zero attached hydrogens (tertiary/aromatic N) is 1. The number of hydrogen-bond acceptors (Lipinski definition) is 4. The molecule has 1 aromatic carbocycles. The Morgan fingerprint density at radius 2 is 2.10 bits per heavy atom. The Morgan fingerprint density at radius 3 is 2.55 bits per heavy atom. The quantitative estimate of drug-likeness (QED) is 0.862. The van der Waals surface area contributed by atoms with Crippen molar-refractivity contribution in [2.75, 3.05) is 6.61 Å². The van der Waals surface area contributed by atoms with E-state index >= 15 is 0 Å². The zero-order valence-electron chi connectivity index (χ0n) is 10.6. The van der Waals surface area contributed by atoms with Crippen LogP contribution in [0, 0.1) is 11.3 Å². The van der Waals surface area contributed by atoms with Gasteiger partial charge in [-0.3, -0.25) is 4.79 Å². The first-order chi connectivity index (χ1) is 9.33. The molecule has 4 nitrogen and oxygen atoms in total. The van der Waals surface area contributed by atoms with Gasteiger partial charge in [-0.1, -0.05) is 0 Å². The SMILES string of the molecule is CCOC(=O)Cc1c(C#N)cc(C(F)(F)F)cc1CO. The topological polar surface area (TPSA) is 70.3 Å². The monoisotopic (exact) mass is 287 g/mol. The molecule has 0 saturated carbocycles. The van der Waals surface area contributed by atoms with Gasteiger partial charge in [0.05, 0.1) is 36.8 Å². The lowest BCUT2D eigenvalue weighted by molar-refractivity contribution is -0.142. The Kier molecular flexibility index (Phi) is 5.11. The Morgan fingerprint density at radius 1 is 1.45 bits per heavy atom. The van der Waals surface area contributed by atoms with Crippen LogP contribution in [0.5, 0.6) is 0 Å². The standard InChI is InChI=1S/C13H12F3NO3/c1-2-20-12(19)5-11-8(6-17)3-10(13(14,15)16)4-9(11)7-18/h3-4,18H,2,5,7H2,1H3. The van der Waals surface area contributed by atoms with Crippen LogP contribution in [0.4, 0.5) is 13.2 Å². The normalized spacial score (nSPS) is 11.0. The summed E-state index contributed by atoms with van der Waals surface area (Å²) >= 11 is 0. The lowest BCUT2D eigenvalue weighted by Gasteiger charge is -2.14. The molecule has 0 heterocycles. The number of benzene rings is 1. The van der Waals surface area contributed by atoms with Gasteiger partial charge in [0.25, 0.3) is 0 Å². The largest absolute Gasteiger partial charge is 0.466 e. The van der Waals surface area contributed by atoms with Crippen molar-refractivity contribution in [1.29, 1.82) is 5.26 Å². The molecule has 7 heteroatoms. The summed E-state index contributed by atoms with van der Waals surface area (Å²) in [5.74, 6) is -0.668. The summed E-state index contributed by atoms with van der Waals surface area (Å²) in [4.78, 5) is 11.4. The zero-order valence-corrected chi connectivity index (χ0v) is 10.6. The molecule has 0 radical (unpaired) electrons. The fourth-order valence-corrected chi connectivity index (χ4v) is 1.70. The number of esters is 1. The van der Waals surface area contributed by atoms with Gasteiger partial charge >= 0.3 is 12.1 Å². The van der Waals surface area contributed by atoms with Crippen molar-refractivity contribution in [2.24, 2.45) is 0 Å². The molecule has 0 aliphatic carbocycles. The Labute approximate surface area is 113 Å². The molecule has 0 aliphatic rings. The third-order valence-electron chi connectivity index (χ3n) is 2.59. The van der Waals surface area contributed by atoms with E-state index in [9.17, 15) is 18.0 Å².